The molecule has 8 aromatic carbocycles. The molecule has 2 aliphatic rings. The zero-order valence-electron chi connectivity index (χ0n) is 31.6. The maximum Gasteiger partial charge on any atom is 0.252 e. The van der Waals surface area contributed by atoms with Crippen molar-refractivity contribution in [2.75, 3.05) is 14.7 Å². The Morgan fingerprint density at radius 2 is 0.862 bits per heavy atom. The summed E-state index contributed by atoms with van der Waals surface area (Å²) in [5, 5.41) is 0. The molecule has 0 bridgehead atoms. The molecule has 58 heavy (non-hydrogen) atoms. The maximum atomic E-state index is 5.08. The largest absolute Gasteiger partial charge is 0.311 e. The van der Waals surface area contributed by atoms with Crippen molar-refractivity contribution in [3.05, 3.63) is 219 Å². The average molecular weight is 742 g/mol. The Hall–Kier alpha value is -7.70. The summed E-state index contributed by atoms with van der Waals surface area (Å²) in [5.41, 5.74) is 16.8. The molecule has 272 valence electrons. The van der Waals surface area contributed by atoms with Gasteiger partial charge in [-0.2, -0.15) is 0 Å². The van der Waals surface area contributed by atoms with Crippen molar-refractivity contribution < 1.29 is 0 Å². The predicted molar refractivity (Wildman–Crippen MR) is 242 cm³/mol. The second-order valence-corrected chi connectivity index (χ2v) is 14.7. The number of para-hydroxylation sites is 3. The highest BCUT2D eigenvalue weighted by molar-refractivity contribution is 7.00. The molecule has 0 amide bonds. The van der Waals surface area contributed by atoms with E-state index in [1.165, 1.54) is 16.4 Å². The number of nitrogens with zero attached hydrogens (tertiary/aromatic N) is 5. The number of aromatic nitrogens is 2. The molecule has 11 rings (SSSR count). The summed E-state index contributed by atoms with van der Waals surface area (Å²) in [6.07, 6.45) is 3.89. The van der Waals surface area contributed by atoms with Crippen LogP contribution in [0.3, 0.4) is 0 Å². The summed E-state index contributed by atoms with van der Waals surface area (Å²) in [5.74, 6) is 0.631. The number of rotatable bonds is 7. The standard InChI is InChI=1S/C52H36BN5/c1-6-17-37(18-7-1)39-29-31-45-49(33-39)58(52-54-35-40(36-55-52)38-19-8-2-9-20-38)48-28-16-27-47-51(48)53(45)46-32-30-44(34-50(46)57(47)43-25-14-5-15-26-43)56(41-21-10-3-11-22-41)42-23-12-4-13-24-42/h1-36H. The minimum Gasteiger partial charge on any atom is -0.311 e. The normalized spacial score (nSPS) is 12.4. The first kappa shape index (κ1) is 33.6. The molecule has 0 unspecified atom stereocenters. The van der Waals surface area contributed by atoms with Crippen molar-refractivity contribution >= 4 is 74.5 Å². The van der Waals surface area contributed by atoms with Gasteiger partial charge in [-0.1, -0.05) is 140 Å². The molecule has 6 heteroatoms. The van der Waals surface area contributed by atoms with Gasteiger partial charge < -0.3 is 9.80 Å². The third-order valence-corrected chi connectivity index (χ3v) is 11.3. The smallest absolute Gasteiger partial charge is 0.252 e. The number of hydrogen-bond donors (Lipinski definition) is 0. The first-order chi connectivity index (χ1) is 28.8. The van der Waals surface area contributed by atoms with E-state index in [1.54, 1.807) is 0 Å². The predicted octanol–water partition coefficient (Wildman–Crippen LogP) is 11.4. The molecule has 0 radical (unpaired) electrons. The summed E-state index contributed by atoms with van der Waals surface area (Å²) < 4.78 is 0. The Labute approximate surface area is 338 Å². The molecule has 0 spiro atoms. The van der Waals surface area contributed by atoms with Crippen LogP contribution in [0.1, 0.15) is 0 Å². The second kappa shape index (κ2) is 14.1. The molecule has 0 fully saturated rings. The van der Waals surface area contributed by atoms with Gasteiger partial charge in [-0.05, 0) is 99.8 Å². The van der Waals surface area contributed by atoms with Crippen molar-refractivity contribution in [1.29, 1.82) is 0 Å². The van der Waals surface area contributed by atoms with E-state index in [-0.39, 0.29) is 6.71 Å². The van der Waals surface area contributed by atoms with E-state index < -0.39 is 0 Å². The van der Waals surface area contributed by atoms with E-state index in [0.29, 0.717) is 5.95 Å². The van der Waals surface area contributed by atoms with Crippen molar-refractivity contribution in [2.45, 2.75) is 0 Å². The zero-order valence-corrected chi connectivity index (χ0v) is 31.6. The Morgan fingerprint density at radius 1 is 0.362 bits per heavy atom. The monoisotopic (exact) mass is 741 g/mol. The van der Waals surface area contributed by atoms with E-state index >= 15 is 0 Å². The Bertz CT molecular complexity index is 2850. The van der Waals surface area contributed by atoms with Crippen LogP contribution in [0, 0.1) is 0 Å². The molecule has 9 aromatic rings. The van der Waals surface area contributed by atoms with Gasteiger partial charge >= 0.3 is 0 Å². The highest BCUT2D eigenvalue weighted by Gasteiger charge is 2.44. The van der Waals surface area contributed by atoms with Gasteiger partial charge in [0.05, 0.1) is 0 Å². The molecule has 2 aliphatic heterocycles. The number of hydrogen-bond acceptors (Lipinski definition) is 5. The van der Waals surface area contributed by atoms with Gasteiger partial charge in [-0.15, -0.1) is 0 Å². The third-order valence-electron chi connectivity index (χ3n) is 11.3. The minimum atomic E-state index is -0.0446. The van der Waals surface area contributed by atoms with Gasteiger partial charge in [-0.25, -0.2) is 9.97 Å². The fourth-order valence-electron chi connectivity index (χ4n) is 8.75. The molecule has 0 atom stereocenters. The van der Waals surface area contributed by atoms with Gasteiger partial charge in [0.1, 0.15) is 0 Å². The highest BCUT2D eigenvalue weighted by Crippen LogP contribution is 2.45. The molecule has 5 nitrogen and oxygen atoms in total. The summed E-state index contributed by atoms with van der Waals surface area (Å²) >= 11 is 0. The second-order valence-electron chi connectivity index (χ2n) is 14.7. The van der Waals surface area contributed by atoms with Crippen LogP contribution in [-0.4, -0.2) is 16.7 Å². The number of anilines is 9. The van der Waals surface area contributed by atoms with Gasteiger partial charge in [0.25, 0.3) is 6.71 Å². The Balaban J connectivity index is 1.15. The van der Waals surface area contributed by atoms with E-state index in [4.69, 9.17) is 9.97 Å². The van der Waals surface area contributed by atoms with Crippen molar-refractivity contribution in [1.82, 2.24) is 9.97 Å². The molecule has 0 aliphatic carbocycles. The lowest BCUT2D eigenvalue weighted by molar-refractivity contribution is 1.08. The highest BCUT2D eigenvalue weighted by atomic mass is 15.3. The molecule has 0 saturated carbocycles. The van der Waals surface area contributed by atoms with Crippen molar-refractivity contribution in [2.24, 2.45) is 0 Å². The summed E-state index contributed by atoms with van der Waals surface area (Å²) in [4.78, 5) is 17.2. The third kappa shape index (κ3) is 5.65. The zero-order chi connectivity index (χ0) is 38.4. The summed E-state index contributed by atoms with van der Waals surface area (Å²) in [6, 6.07) is 73.5. The quantitative estimate of drug-likeness (QED) is 0.152. The molecular weight excluding hydrogens is 705 g/mol. The van der Waals surface area contributed by atoms with Gasteiger partial charge in [0.15, 0.2) is 0 Å². The van der Waals surface area contributed by atoms with Gasteiger partial charge in [-0.3, -0.25) is 4.90 Å². The van der Waals surface area contributed by atoms with Crippen LogP contribution in [0.25, 0.3) is 22.3 Å². The molecule has 3 heterocycles. The van der Waals surface area contributed by atoms with Crippen molar-refractivity contribution in [3.8, 4) is 22.3 Å². The first-order valence-electron chi connectivity index (χ1n) is 19.7. The molecule has 1 aromatic heterocycles. The van der Waals surface area contributed by atoms with Gasteiger partial charge in [0, 0.05) is 63.5 Å². The summed E-state index contributed by atoms with van der Waals surface area (Å²) in [7, 11) is 0. The van der Waals surface area contributed by atoms with Crippen LogP contribution in [0.4, 0.5) is 51.4 Å². The molecule has 0 N–H and O–H groups in total. The summed E-state index contributed by atoms with van der Waals surface area (Å²) in [6.45, 7) is -0.0446. The number of fused-ring (bicyclic) bond motifs is 4. The van der Waals surface area contributed by atoms with E-state index in [0.717, 1.165) is 67.8 Å². The fraction of sp³-hybridized carbons (Fsp3) is 0. The first-order valence-corrected chi connectivity index (χ1v) is 19.7. The van der Waals surface area contributed by atoms with Crippen LogP contribution < -0.4 is 31.1 Å². The van der Waals surface area contributed by atoms with Crippen LogP contribution in [-0.2, 0) is 0 Å². The lowest BCUT2D eigenvalue weighted by Crippen LogP contribution is -2.61. The van der Waals surface area contributed by atoms with E-state index in [2.05, 4.69) is 203 Å². The SMILES string of the molecule is c1ccc(-c2cnc(N3c4cc(-c5ccccc5)ccc4B4c5ccc(N(c6ccccc6)c6ccccc6)cc5N(c5ccccc5)c5cccc3c54)nc2)cc1. The molecular formula is C52H36BN5. The van der Waals surface area contributed by atoms with E-state index in [9.17, 15) is 0 Å². The Kier molecular flexibility index (Phi) is 8.18. The van der Waals surface area contributed by atoms with E-state index in [1.807, 2.05) is 30.6 Å². The number of benzene rings is 8. The minimum absolute atomic E-state index is 0.0446. The van der Waals surface area contributed by atoms with Crippen LogP contribution >= 0.6 is 0 Å². The molecule has 0 saturated heterocycles. The van der Waals surface area contributed by atoms with Crippen LogP contribution in [0.15, 0.2) is 219 Å². The Morgan fingerprint density at radius 3 is 1.47 bits per heavy atom. The van der Waals surface area contributed by atoms with Crippen LogP contribution in [0.5, 0.6) is 0 Å². The topological polar surface area (TPSA) is 35.5 Å². The lowest BCUT2D eigenvalue weighted by Gasteiger charge is -2.43. The maximum absolute atomic E-state index is 5.08. The lowest BCUT2D eigenvalue weighted by atomic mass is 9.33. The van der Waals surface area contributed by atoms with Crippen molar-refractivity contribution in [3.63, 3.8) is 0 Å². The van der Waals surface area contributed by atoms with Crippen LogP contribution in [0.2, 0.25) is 0 Å². The van der Waals surface area contributed by atoms with Gasteiger partial charge in [0.2, 0.25) is 5.95 Å². The average Bonchev–Trinajstić information content (AvgIpc) is 3.30. The fourth-order valence-corrected chi connectivity index (χ4v) is 8.75.